The van der Waals surface area contributed by atoms with E-state index in [2.05, 4.69) is 48.4 Å². The van der Waals surface area contributed by atoms with Gasteiger partial charge in [-0.3, -0.25) is 10.1 Å². The van der Waals surface area contributed by atoms with Gasteiger partial charge in [0.2, 0.25) is 11.8 Å². The zero-order valence-corrected chi connectivity index (χ0v) is 20.3. The highest BCUT2D eigenvalue weighted by Gasteiger charge is 2.48. The minimum Gasteiger partial charge on any atom is -0.493 e. The van der Waals surface area contributed by atoms with Crippen LogP contribution in [-0.2, 0) is 4.79 Å². The number of urea groups is 1. The Kier molecular flexibility index (Phi) is 6.96. The summed E-state index contributed by atoms with van der Waals surface area (Å²) in [5.41, 5.74) is 1.01. The van der Waals surface area contributed by atoms with Crippen molar-refractivity contribution in [2.75, 3.05) is 13.6 Å². The van der Waals surface area contributed by atoms with Crippen molar-refractivity contribution >= 4 is 50.4 Å². The summed E-state index contributed by atoms with van der Waals surface area (Å²) in [5.74, 6) is -0.212. The number of H-pyrrole nitrogens is 1. The Morgan fingerprint density at radius 3 is 2.70 bits per heavy atom. The number of azo groups is 1. The number of halogens is 1. The Bertz CT molecular complexity index is 1110. The van der Waals surface area contributed by atoms with Crippen molar-refractivity contribution < 1.29 is 14.7 Å². The van der Waals surface area contributed by atoms with Gasteiger partial charge in [0.1, 0.15) is 0 Å². The lowest BCUT2D eigenvalue weighted by Crippen LogP contribution is -2.63. The predicted molar refractivity (Wildman–Crippen MR) is 129 cm³/mol. The first kappa shape index (κ1) is 23.2. The summed E-state index contributed by atoms with van der Waals surface area (Å²) in [5, 5.41) is 22.0. The van der Waals surface area contributed by atoms with Gasteiger partial charge >= 0.3 is 6.03 Å². The molecule has 11 heteroatoms. The molecule has 3 amide bonds. The summed E-state index contributed by atoms with van der Waals surface area (Å²) in [7, 11) is 1.61. The normalized spacial score (nSPS) is 20.6. The number of hydrogen-bond donors (Lipinski definition) is 3. The van der Waals surface area contributed by atoms with Crippen LogP contribution < -0.4 is 5.32 Å². The number of amides is 3. The molecule has 10 nitrogen and oxygen atoms in total. The van der Waals surface area contributed by atoms with Gasteiger partial charge in [0, 0.05) is 23.5 Å². The molecular formula is C22H28BrN7O3. The standard InChI is InChI=1S/C22H28BrN7O3/c1-3-4-5-6-7-8-11-30-17-18(29(2)22(33)26-20(17)32)25-21(30)28-27-16-14-12-13(23)9-10-15(14)24-19(16)31/h9-10,12,17-18,24,31H,3-8,11H2,1-2H3,(H,26,32,33). The van der Waals surface area contributed by atoms with Crippen molar-refractivity contribution in [3.63, 3.8) is 0 Å². The van der Waals surface area contributed by atoms with E-state index in [0.717, 1.165) is 29.3 Å². The van der Waals surface area contributed by atoms with Gasteiger partial charge in [-0.15, -0.1) is 10.2 Å². The largest absolute Gasteiger partial charge is 0.493 e. The number of nitrogens with one attached hydrogen (secondary N) is 2. The fourth-order valence-corrected chi connectivity index (χ4v) is 4.59. The van der Waals surface area contributed by atoms with Crippen LogP contribution in [-0.4, -0.2) is 63.6 Å². The number of nitrogens with zero attached hydrogens (tertiary/aromatic N) is 5. The average Bonchev–Trinajstić information content (AvgIpc) is 3.30. The number of aromatic amines is 1. The maximum Gasteiger partial charge on any atom is 0.325 e. The molecule has 2 atom stereocenters. The molecule has 176 valence electrons. The van der Waals surface area contributed by atoms with Gasteiger partial charge in [-0.2, -0.15) is 0 Å². The molecule has 33 heavy (non-hydrogen) atoms. The van der Waals surface area contributed by atoms with Crippen molar-refractivity contribution in [1.29, 1.82) is 0 Å². The van der Waals surface area contributed by atoms with Crippen molar-refractivity contribution in [2.45, 2.75) is 57.7 Å². The number of aromatic nitrogens is 1. The second-order valence-electron chi connectivity index (χ2n) is 8.37. The van der Waals surface area contributed by atoms with Crippen LogP contribution >= 0.6 is 15.9 Å². The van der Waals surface area contributed by atoms with Gasteiger partial charge in [-0.1, -0.05) is 55.0 Å². The third-order valence-corrected chi connectivity index (χ3v) is 6.54. The minimum atomic E-state index is -0.661. The molecule has 0 bridgehead atoms. The molecule has 0 radical (unpaired) electrons. The molecular weight excluding hydrogens is 490 g/mol. The first-order chi connectivity index (χ1) is 15.9. The summed E-state index contributed by atoms with van der Waals surface area (Å²) in [6, 6.07) is 4.39. The Hall–Kier alpha value is -2.95. The highest BCUT2D eigenvalue weighted by molar-refractivity contribution is 9.10. The van der Waals surface area contributed by atoms with Gasteiger partial charge < -0.3 is 19.9 Å². The number of rotatable bonds is 8. The van der Waals surface area contributed by atoms with Crippen LogP contribution in [0, 0.1) is 0 Å². The quantitative estimate of drug-likeness (QED) is 0.348. The number of fused-ring (bicyclic) bond motifs is 2. The molecule has 3 N–H and O–H groups in total. The van der Waals surface area contributed by atoms with Crippen molar-refractivity contribution in [3.05, 3.63) is 22.7 Å². The van der Waals surface area contributed by atoms with E-state index >= 15 is 0 Å². The van der Waals surface area contributed by atoms with E-state index in [4.69, 9.17) is 0 Å². The molecule has 2 aliphatic rings. The molecule has 0 saturated carbocycles. The Balaban J connectivity index is 1.58. The van der Waals surface area contributed by atoms with Crippen LogP contribution in [0.4, 0.5) is 10.5 Å². The van der Waals surface area contributed by atoms with E-state index in [-0.39, 0.29) is 23.4 Å². The topological polar surface area (TPSA) is 126 Å². The van der Waals surface area contributed by atoms with E-state index in [1.54, 1.807) is 7.05 Å². The number of unbranched alkanes of at least 4 members (excludes halogenated alkanes) is 5. The van der Waals surface area contributed by atoms with Crippen LogP contribution in [0.5, 0.6) is 5.88 Å². The second-order valence-corrected chi connectivity index (χ2v) is 9.28. The third kappa shape index (κ3) is 4.73. The van der Waals surface area contributed by atoms with Crippen LogP contribution in [0.2, 0.25) is 0 Å². The number of guanidine groups is 1. The van der Waals surface area contributed by atoms with Crippen molar-refractivity contribution in [1.82, 2.24) is 20.1 Å². The first-order valence-electron chi connectivity index (χ1n) is 11.2. The number of hydrogen-bond acceptors (Lipinski definition) is 7. The van der Waals surface area contributed by atoms with E-state index in [0.29, 0.717) is 11.9 Å². The van der Waals surface area contributed by atoms with Crippen LogP contribution in [0.1, 0.15) is 45.4 Å². The Morgan fingerprint density at radius 2 is 1.91 bits per heavy atom. The highest BCUT2D eigenvalue weighted by atomic mass is 79.9. The maximum atomic E-state index is 12.7. The lowest BCUT2D eigenvalue weighted by molar-refractivity contribution is -0.127. The van der Waals surface area contributed by atoms with Crippen molar-refractivity contribution in [3.8, 4) is 5.88 Å². The van der Waals surface area contributed by atoms with Crippen LogP contribution in [0.25, 0.3) is 10.9 Å². The molecule has 3 heterocycles. The van der Waals surface area contributed by atoms with E-state index in [9.17, 15) is 14.7 Å². The highest BCUT2D eigenvalue weighted by Crippen LogP contribution is 2.37. The zero-order valence-electron chi connectivity index (χ0n) is 18.7. The fourth-order valence-electron chi connectivity index (χ4n) is 4.23. The minimum absolute atomic E-state index is 0.102. The third-order valence-electron chi connectivity index (χ3n) is 6.04. The monoisotopic (exact) mass is 517 g/mol. The van der Waals surface area contributed by atoms with E-state index in [1.165, 1.54) is 24.2 Å². The number of benzene rings is 1. The number of carbonyl (C=O) groups is 2. The maximum absolute atomic E-state index is 12.7. The molecule has 4 rings (SSSR count). The molecule has 1 aromatic carbocycles. The smallest absolute Gasteiger partial charge is 0.325 e. The van der Waals surface area contributed by atoms with Crippen LogP contribution in [0.3, 0.4) is 0 Å². The first-order valence-corrected chi connectivity index (χ1v) is 12.0. The van der Waals surface area contributed by atoms with Gasteiger partial charge in [-0.25, -0.2) is 9.79 Å². The SMILES string of the molecule is CCCCCCCCN1C(N=Nc2c(O)[nH]c3ccc(Br)cc23)=NC2C1C(=O)NC(=O)N2C. The number of likely N-dealkylation sites (N-methyl/N-ethyl adjacent to an activating group) is 1. The lowest BCUT2D eigenvalue weighted by atomic mass is 10.1. The molecule has 1 aromatic heterocycles. The number of carbonyl (C=O) groups excluding carboxylic acids is 2. The Labute approximate surface area is 200 Å². The van der Waals surface area contributed by atoms with Crippen LogP contribution in [0.15, 0.2) is 37.9 Å². The molecule has 1 saturated heterocycles. The fraction of sp³-hybridized carbons (Fsp3) is 0.500. The summed E-state index contributed by atoms with van der Waals surface area (Å²) in [6.07, 6.45) is 5.97. The average molecular weight is 518 g/mol. The number of aliphatic imine (C=N–C) groups is 1. The van der Waals surface area contributed by atoms with E-state index in [1.807, 2.05) is 23.1 Å². The van der Waals surface area contributed by atoms with Gasteiger partial charge in [-0.05, 0) is 24.6 Å². The van der Waals surface area contributed by atoms with E-state index < -0.39 is 18.2 Å². The molecule has 2 aromatic rings. The summed E-state index contributed by atoms with van der Waals surface area (Å²) < 4.78 is 0.844. The van der Waals surface area contributed by atoms with Gasteiger partial charge in [0.05, 0.1) is 5.52 Å². The zero-order chi connectivity index (χ0) is 23.5. The number of imide groups is 1. The molecule has 2 unspecified atom stereocenters. The second kappa shape index (κ2) is 9.90. The summed E-state index contributed by atoms with van der Waals surface area (Å²) in [4.78, 5) is 35.4. The molecule has 0 aliphatic carbocycles. The predicted octanol–water partition coefficient (Wildman–Crippen LogP) is 4.63. The molecule has 2 aliphatic heterocycles. The van der Waals surface area contributed by atoms with Gasteiger partial charge in [0.15, 0.2) is 17.9 Å². The summed E-state index contributed by atoms with van der Waals surface area (Å²) >= 11 is 3.43. The van der Waals surface area contributed by atoms with Crippen molar-refractivity contribution in [2.24, 2.45) is 15.2 Å². The van der Waals surface area contributed by atoms with Gasteiger partial charge in [0.25, 0.3) is 5.91 Å². The summed E-state index contributed by atoms with van der Waals surface area (Å²) in [6.45, 7) is 2.76. The molecule has 0 spiro atoms. The molecule has 1 fully saturated rings. The number of aromatic hydroxyl groups is 1. The Morgan fingerprint density at radius 1 is 1.15 bits per heavy atom. The lowest BCUT2D eigenvalue weighted by Gasteiger charge is -2.35.